The maximum Gasteiger partial charge on any atom is 0.113 e. The zero-order valence-corrected chi connectivity index (χ0v) is 9.24. The molecule has 0 bridgehead atoms. The van der Waals surface area contributed by atoms with Gasteiger partial charge in [0.15, 0.2) is 0 Å². The van der Waals surface area contributed by atoms with Gasteiger partial charge >= 0.3 is 0 Å². The first-order valence-electron chi connectivity index (χ1n) is 5.92. The third-order valence-electron chi connectivity index (χ3n) is 3.30. The van der Waals surface area contributed by atoms with Crippen LogP contribution in [0.2, 0.25) is 0 Å². The second kappa shape index (κ2) is 4.22. The monoisotopic (exact) mass is 216 g/mol. The van der Waals surface area contributed by atoms with Crippen LogP contribution < -0.4 is 5.32 Å². The smallest absolute Gasteiger partial charge is 0.113 e. The summed E-state index contributed by atoms with van der Waals surface area (Å²) < 4.78 is 0. The molecular formula is C12H16N4. The van der Waals surface area contributed by atoms with Crippen LogP contribution in [0.25, 0.3) is 11.0 Å². The summed E-state index contributed by atoms with van der Waals surface area (Å²) in [7, 11) is 0. The number of fused-ring (bicyclic) bond motifs is 1. The van der Waals surface area contributed by atoms with Crippen molar-refractivity contribution in [3.63, 3.8) is 0 Å². The molecule has 2 N–H and O–H groups in total. The van der Waals surface area contributed by atoms with Crippen molar-refractivity contribution in [1.29, 1.82) is 0 Å². The molecule has 1 aliphatic rings. The van der Waals surface area contributed by atoms with E-state index in [0.717, 1.165) is 29.9 Å². The fraction of sp³-hybridized carbons (Fsp3) is 0.500. The summed E-state index contributed by atoms with van der Waals surface area (Å²) in [6.07, 6.45) is 3.79. The Kier molecular flexibility index (Phi) is 2.58. The van der Waals surface area contributed by atoms with Gasteiger partial charge in [-0.2, -0.15) is 15.4 Å². The molecule has 2 aromatic rings. The molecule has 0 aliphatic carbocycles. The topological polar surface area (TPSA) is 53.6 Å². The van der Waals surface area contributed by atoms with Crippen LogP contribution in [0.5, 0.6) is 0 Å². The molecule has 0 radical (unpaired) electrons. The summed E-state index contributed by atoms with van der Waals surface area (Å²) >= 11 is 0. The number of rotatable bonds is 2. The molecule has 1 unspecified atom stereocenters. The Morgan fingerprint density at radius 2 is 2.19 bits per heavy atom. The predicted octanol–water partition coefficient (Wildman–Crippen LogP) is 1.50. The summed E-state index contributed by atoms with van der Waals surface area (Å²) in [4.78, 5) is 0. The van der Waals surface area contributed by atoms with Crippen LogP contribution in [0.1, 0.15) is 18.4 Å². The van der Waals surface area contributed by atoms with Crippen molar-refractivity contribution in [2.75, 3.05) is 13.1 Å². The second-order valence-corrected chi connectivity index (χ2v) is 4.56. The number of nitrogens with one attached hydrogen (secondary N) is 2. The minimum absolute atomic E-state index is 0.776. The summed E-state index contributed by atoms with van der Waals surface area (Å²) in [6.45, 7) is 2.33. The van der Waals surface area contributed by atoms with Crippen LogP contribution in [-0.4, -0.2) is 28.5 Å². The highest BCUT2D eigenvalue weighted by atomic mass is 15.3. The fourth-order valence-corrected chi connectivity index (χ4v) is 2.44. The first-order chi connectivity index (χ1) is 7.92. The van der Waals surface area contributed by atoms with Gasteiger partial charge < -0.3 is 5.32 Å². The van der Waals surface area contributed by atoms with Gasteiger partial charge in [-0.25, -0.2) is 0 Å². The molecule has 16 heavy (non-hydrogen) atoms. The zero-order valence-electron chi connectivity index (χ0n) is 9.24. The molecule has 4 heteroatoms. The molecule has 0 amide bonds. The number of hydrogen-bond acceptors (Lipinski definition) is 3. The highest BCUT2D eigenvalue weighted by molar-refractivity contribution is 5.74. The van der Waals surface area contributed by atoms with Crippen molar-refractivity contribution in [2.24, 2.45) is 5.92 Å². The van der Waals surface area contributed by atoms with Crippen molar-refractivity contribution in [1.82, 2.24) is 20.7 Å². The lowest BCUT2D eigenvalue weighted by Gasteiger charge is -2.22. The molecule has 4 nitrogen and oxygen atoms in total. The van der Waals surface area contributed by atoms with Crippen LogP contribution in [0.3, 0.4) is 0 Å². The van der Waals surface area contributed by atoms with Gasteiger partial charge in [0.25, 0.3) is 0 Å². The van der Waals surface area contributed by atoms with E-state index in [2.05, 4.69) is 32.9 Å². The van der Waals surface area contributed by atoms with Crippen LogP contribution >= 0.6 is 0 Å². The number of H-pyrrole nitrogens is 1. The van der Waals surface area contributed by atoms with Gasteiger partial charge in [0.05, 0.1) is 0 Å². The van der Waals surface area contributed by atoms with Crippen molar-refractivity contribution in [3.8, 4) is 0 Å². The van der Waals surface area contributed by atoms with Crippen LogP contribution in [0.15, 0.2) is 18.2 Å². The fourth-order valence-electron chi connectivity index (χ4n) is 2.44. The van der Waals surface area contributed by atoms with Gasteiger partial charge in [-0.1, -0.05) is 6.07 Å². The molecule has 2 heterocycles. The van der Waals surface area contributed by atoms with Gasteiger partial charge in [0.2, 0.25) is 0 Å². The third-order valence-corrected chi connectivity index (χ3v) is 3.30. The third kappa shape index (κ3) is 1.93. The Labute approximate surface area is 94.4 Å². The van der Waals surface area contributed by atoms with Gasteiger partial charge in [-0.05, 0) is 56.0 Å². The Morgan fingerprint density at radius 3 is 3.06 bits per heavy atom. The summed E-state index contributed by atoms with van der Waals surface area (Å²) in [6, 6.07) is 6.36. The summed E-state index contributed by atoms with van der Waals surface area (Å²) in [5.41, 5.74) is 3.29. The Morgan fingerprint density at radius 1 is 1.25 bits per heavy atom. The van der Waals surface area contributed by atoms with Gasteiger partial charge in [-0.3, -0.25) is 0 Å². The van der Waals surface area contributed by atoms with E-state index in [0.29, 0.717) is 0 Å². The van der Waals surface area contributed by atoms with E-state index < -0.39 is 0 Å². The molecule has 3 rings (SSSR count). The Bertz CT molecular complexity index is 471. The predicted molar refractivity (Wildman–Crippen MR) is 63.2 cm³/mol. The Hall–Kier alpha value is -1.42. The van der Waals surface area contributed by atoms with Crippen molar-refractivity contribution in [2.45, 2.75) is 19.3 Å². The number of piperidine rings is 1. The number of nitrogens with zero attached hydrogens (tertiary/aromatic N) is 2. The van der Waals surface area contributed by atoms with E-state index in [4.69, 9.17) is 0 Å². The number of aromatic amines is 1. The lowest BCUT2D eigenvalue weighted by molar-refractivity contribution is 0.376. The molecular weight excluding hydrogens is 200 g/mol. The normalized spacial score (nSPS) is 21.4. The average molecular weight is 216 g/mol. The first kappa shape index (κ1) is 9.78. The van der Waals surface area contributed by atoms with Gasteiger partial charge in [0.1, 0.15) is 11.0 Å². The van der Waals surface area contributed by atoms with Gasteiger partial charge in [-0.15, -0.1) is 0 Å². The van der Waals surface area contributed by atoms with Crippen LogP contribution in [-0.2, 0) is 6.42 Å². The zero-order chi connectivity index (χ0) is 10.8. The molecule has 1 aliphatic heterocycles. The van der Waals surface area contributed by atoms with E-state index in [-0.39, 0.29) is 0 Å². The number of hydrogen-bond donors (Lipinski definition) is 2. The van der Waals surface area contributed by atoms with Crippen molar-refractivity contribution >= 4 is 11.0 Å². The molecule has 1 aromatic carbocycles. The van der Waals surface area contributed by atoms with E-state index in [9.17, 15) is 0 Å². The lowest BCUT2D eigenvalue weighted by Crippen LogP contribution is -2.30. The quantitative estimate of drug-likeness (QED) is 0.800. The molecule has 84 valence electrons. The highest BCUT2D eigenvalue weighted by Gasteiger charge is 2.13. The molecule has 1 fully saturated rings. The molecule has 1 saturated heterocycles. The van der Waals surface area contributed by atoms with Crippen molar-refractivity contribution in [3.05, 3.63) is 23.8 Å². The van der Waals surface area contributed by atoms with Crippen LogP contribution in [0.4, 0.5) is 0 Å². The molecule has 1 atom stereocenters. The Balaban J connectivity index is 1.77. The van der Waals surface area contributed by atoms with E-state index in [1.54, 1.807) is 0 Å². The number of benzene rings is 1. The van der Waals surface area contributed by atoms with E-state index in [1.165, 1.54) is 24.9 Å². The maximum absolute atomic E-state index is 4.12. The number of aromatic nitrogens is 3. The average Bonchev–Trinajstić information content (AvgIpc) is 2.77. The molecule has 0 spiro atoms. The minimum atomic E-state index is 0.776. The van der Waals surface area contributed by atoms with E-state index >= 15 is 0 Å². The van der Waals surface area contributed by atoms with Gasteiger partial charge in [0, 0.05) is 0 Å². The van der Waals surface area contributed by atoms with Crippen molar-refractivity contribution < 1.29 is 0 Å². The summed E-state index contributed by atoms with van der Waals surface area (Å²) in [5.74, 6) is 0.776. The molecule has 0 saturated carbocycles. The SMILES string of the molecule is c1cc2n[nH]nc2cc1CC1CCCNC1. The largest absolute Gasteiger partial charge is 0.316 e. The summed E-state index contributed by atoms with van der Waals surface area (Å²) in [5, 5.41) is 14.3. The maximum atomic E-state index is 4.12. The highest BCUT2D eigenvalue weighted by Crippen LogP contribution is 2.18. The van der Waals surface area contributed by atoms with Crippen LogP contribution in [0, 0.1) is 5.92 Å². The van der Waals surface area contributed by atoms with E-state index in [1.807, 2.05) is 6.07 Å². The minimum Gasteiger partial charge on any atom is -0.316 e. The second-order valence-electron chi connectivity index (χ2n) is 4.56. The first-order valence-corrected chi connectivity index (χ1v) is 5.92. The standard InChI is InChI=1S/C12H16N4/c1-2-10(8-13-5-1)6-9-3-4-11-12(7-9)15-16-14-11/h3-4,7,10,13H,1-2,5-6,8H2,(H,14,15,16). The molecule has 1 aromatic heterocycles. The lowest BCUT2D eigenvalue weighted by atomic mass is 9.92.